The summed E-state index contributed by atoms with van der Waals surface area (Å²) in [6, 6.07) is 17.7. The van der Waals surface area contributed by atoms with Crippen molar-refractivity contribution >= 4 is 17.3 Å². The number of nitrogens with zero attached hydrogens (tertiary/aromatic N) is 2. The van der Waals surface area contributed by atoms with Crippen LogP contribution in [0.5, 0.6) is 11.5 Å². The van der Waals surface area contributed by atoms with Gasteiger partial charge in [0.1, 0.15) is 29.0 Å². The fraction of sp³-hybridized carbons (Fsp3) is 0.367. The molecule has 0 aliphatic rings. The van der Waals surface area contributed by atoms with Crippen molar-refractivity contribution in [2.24, 2.45) is 5.11 Å². The van der Waals surface area contributed by atoms with Crippen molar-refractivity contribution in [2.45, 2.75) is 45.8 Å². The number of ether oxygens (including phenoxy) is 2. The van der Waals surface area contributed by atoms with E-state index < -0.39 is 11.9 Å². The second-order valence-electron chi connectivity index (χ2n) is 9.71. The third-order valence-corrected chi connectivity index (χ3v) is 6.68. The summed E-state index contributed by atoms with van der Waals surface area (Å²) in [5, 5.41) is 16.4. The molecule has 0 amide bonds. The summed E-state index contributed by atoms with van der Waals surface area (Å²) < 4.78 is 11.7. The molecule has 3 aromatic carbocycles. The first-order valence-electron chi connectivity index (χ1n) is 12.7. The number of carbonyl (C=O) groups is 1. The van der Waals surface area contributed by atoms with Gasteiger partial charge in [-0.25, -0.2) is 5.53 Å². The fourth-order valence-corrected chi connectivity index (χ4v) is 4.74. The zero-order chi connectivity index (χ0) is 27.8. The van der Waals surface area contributed by atoms with Crippen LogP contribution in [0.2, 0.25) is 0 Å². The van der Waals surface area contributed by atoms with Crippen molar-refractivity contribution in [3.05, 3.63) is 82.4 Å². The van der Waals surface area contributed by atoms with Crippen LogP contribution in [0, 0.1) is 19.4 Å². The lowest BCUT2D eigenvalue weighted by molar-refractivity contribution is -0.137. The number of likely N-dealkylation sites (N-methyl/N-ethyl adjacent to an activating group) is 1. The molecule has 0 fully saturated rings. The minimum Gasteiger partial charge on any atom is -0.494 e. The van der Waals surface area contributed by atoms with Crippen molar-refractivity contribution in [3.63, 3.8) is 0 Å². The molecule has 0 heterocycles. The summed E-state index contributed by atoms with van der Waals surface area (Å²) in [5.74, 6) is 0.0703. The van der Waals surface area contributed by atoms with E-state index in [1.807, 2.05) is 49.4 Å². The molecule has 0 unspecified atom stereocenters. The molecule has 3 aromatic rings. The number of nitrogens with one attached hydrogen (secondary N) is 2. The van der Waals surface area contributed by atoms with Crippen LogP contribution in [-0.4, -0.2) is 49.8 Å². The van der Waals surface area contributed by atoms with Gasteiger partial charge in [0.25, 0.3) is 0 Å². The van der Waals surface area contributed by atoms with Gasteiger partial charge in [0.05, 0.1) is 13.5 Å². The average molecular weight is 519 g/mol. The lowest BCUT2D eigenvalue weighted by Gasteiger charge is -2.25. The Bertz CT molecular complexity index is 1280. The van der Waals surface area contributed by atoms with Crippen LogP contribution in [0.1, 0.15) is 47.1 Å². The van der Waals surface area contributed by atoms with E-state index in [-0.39, 0.29) is 12.5 Å². The van der Waals surface area contributed by atoms with Gasteiger partial charge in [0, 0.05) is 26.1 Å². The van der Waals surface area contributed by atoms with Gasteiger partial charge in [-0.15, -0.1) is 0 Å². The highest BCUT2D eigenvalue weighted by Gasteiger charge is 2.23. The number of benzene rings is 3. The summed E-state index contributed by atoms with van der Waals surface area (Å²) in [4.78, 5) is 14.1. The molecule has 0 saturated carbocycles. The standard InChI is InChI=1S/C30H38N4O4/c1-19-11-12-22(13-24(19)18-34(5)17-21(3)38-27-10-8-7-9-20(27)2)25(16-29(35)36)23-14-26(33-31)30(32-4)28(15-23)37-6/h7-15,21,25,31-32H,16-18H2,1-6H3,(H,35,36)/t21-,25+/m1/s1. The molecule has 3 rings (SSSR count). The van der Waals surface area contributed by atoms with Crippen LogP contribution in [0.25, 0.3) is 0 Å². The number of methoxy groups -OCH3 is 1. The number of anilines is 1. The third-order valence-electron chi connectivity index (χ3n) is 6.68. The maximum absolute atomic E-state index is 11.9. The maximum atomic E-state index is 11.9. The van der Waals surface area contributed by atoms with Crippen LogP contribution in [-0.2, 0) is 11.3 Å². The summed E-state index contributed by atoms with van der Waals surface area (Å²) in [5.41, 5.74) is 13.6. The van der Waals surface area contributed by atoms with E-state index in [9.17, 15) is 9.90 Å². The number of hydrogen-bond acceptors (Lipinski definition) is 7. The van der Waals surface area contributed by atoms with E-state index in [2.05, 4.69) is 42.3 Å². The van der Waals surface area contributed by atoms with Crippen LogP contribution in [0.4, 0.5) is 11.4 Å². The van der Waals surface area contributed by atoms with Crippen molar-refractivity contribution in [1.29, 1.82) is 5.53 Å². The lowest BCUT2D eigenvalue weighted by Crippen LogP contribution is -2.31. The van der Waals surface area contributed by atoms with Gasteiger partial charge in [-0.1, -0.05) is 36.4 Å². The summed E-state index contributed by atoms with van der Waals surface area (Å²) >= 11 is 0. The highest BCUT2D eigenvalue weighted by atomic mass is 16.5. The molecule has 38 heavy (non-hydrogen) atoms. The van der Waals surface area contributed by atoms with Gasteiger partial charge >= 0.3 is 5.97 Å². The SMILES string of the molecule is CNc1c(N=N)cc([C@@H](CC(=O)O)c2ccc(C)c(CN(C)C[C@@H](C)Oc3ccccc3C)c2)cc1OC. The second-order valence-corrected chi connectivity index (χ2v) is 9.71. The highest BCUT2D eigenvalue weighted by Crippen LogP contribution is 2.41. The van der Waals surface area contributed by atoms with E-state index >= 15 is 0 Å². The maximum Gasteiger partial charge on any atom is 0.304 e. The first-order chi connectivity index (χ1) is 18.2. The minimum atomic E-state index is -0.905. The lowest BCUT2D eigenvalue weighted by atomic mass is 9.86. The Morgan fingerprint density at radius 2 is 1.82 bits per heavy atom. The number of carboxylic acid groups (broad SMARTS) is 1. The third kappa shape index (κ3) is 7.10. The number of rotatable bonds is 13. The van der Waals surface area contributed by atoms with Gasteiger partial charge in [-0.05, 0) is 73.8 Å². The zero-order valence-electron chi connectivity index (χ0n) is 23.0. The van der Waals surface area contributed by atoms with Crippen LogP contribution in [0.15, 0.2) is 59.7 Å². The topological polar surface area (TPSA) is 107 Å². The van der Waals surface area contributed by atoms with Gasteiger partial charge < -0.3 is 19.9 Å². The molecule has 3 N–H and O–H groups in total. The smallest absolute Gasteiger partial charge is 0.304 e. The first-order valence-corrected chi connectivity index (χ1v) is 12.7. The van der Waals surface area contributed by atoms with E-state index in [4.69, 9.17) is 15.0 Å². The van der Waals surface area contributed by atoms with Gasteiger partial charge in [0.15, 0.2) is 0 Å². The first kappa shape index (κ1) is 28.7. The molecule has 0 saturated heterocycles. The van der Waals surface area contributed by atoms with Crippen LogP contribution >= 0.6 is 0 Å². The number of carboxylic acids is 1. The molecule has 0 aliphatic heterocycles. The van der Waals surface area contributed by atoms with Gasteiger partial charge in [-0.2, -0.15) is 5.11 Å². The molecule has 202 valence electrons. The predicted molar refractivity (Wildman–Crippen MR) is 150 cm³/mol. The molecule has 2 atom stereocenters. The zero-order valence-corrected chi connectivity index (χ0v) is 23.0. The van der Waals surface area contributed by atoms with E-state index in [0.29, 0.717) is 23.7 Å². The Morgan fingerprint density at radius 1 is 1.08 bits per heavy atom. The Labute approximate surface area is 225 Å². The number of aliphatic carboxylic acids is 1. The Hall–Kier alpha value is -3.91. The fourth-order valence-electron chi connectivity index (χ4n) is 4.74. The molecule has 0 spiro atoms. The molecule has 8 heteroatoms. The second kappa shape index (κ2) is 13.1. The van der Waals surface area contributed by atoms with E-state index in [1.165, 1.54) is 0 Å². The quantitative estimate of drug-likeness (QED) is 0.222. The Morgan fingerprint density at radius 3 is 2.45 bits per heavy atom. The molecule has 0 radical (unpaired) electrons. The van der Waals surface area contributed by atoms with Gasteiger partial charge in [0.2, 0.25) is 0 Å². The van der Waals surface area contributed by atoms with E-state index in [1.54, 1.807) is 20.2 Å². The summed E-state index contributed by atoms with van der Waals surface area (Å²) in [6.45, 7) is 7.58. The molecular weight excluding hydrogens is 480 g/mol. The molecule has 8 nitrogen and oxygen atoms in total. The van der Waals surface area contributed by atoms with Gasteiger partial charge in [-0.3, -0.25) is 9.69 Å². The average Bonchev–Trinajstić information content (AvgIpc) is 2.88. The Balaban J connectivity index is 1.87. The monoisotopic (exact) mass is 518 g/mol. The largest absolute Gasteiger partial charge is 0.494 e. The summed E-state index contributed by atoms with van der Waals surface area (Å²) in [7, 11) is 5.34. The minimum absolute atomic E-state index is 0.00505. The molecule has 0 bridgehead atoms. The van der Waals surface area contributed by atoms with Crippen molar-refractivity contribution < 1.29 is 19.4 Å². The van der Waals surface area contributed by atoms with Crippen LogP contribution < -0.4 is 14.8 Å². The predicted octanol–water partition coefficient (Wildman–Crippen LogP) is 6.52. The highest BCUT2D eigenvalue weighted by molar-refractivity contribution is 5.75. The Kier molecular flexibility index (Phi) is 9.85. The molecule has 0 aromatic heterocycles. The number of hydrogen-bond donors (Lipinski definition) is 3. The molecule has 0 aliphatic carbocycles. The van der Waals surface area contributed by atoms with E-state index in [0.717, 1.165) is 40.1 Å². The molecular formula is C30H38N4O4. The van der Waals surface area contributed by atoms with Crippen LogP contribution in [0.3, 0.4) is 0 Å². The van der Waals surface area contributed by atoms with Crippen molar-refractivity contribution in [1.82, 2.24) is 4.90 Å². The number of para-hydroxylation sites is 1. The van der Waals surface area contributed by atoms with Crippen molar-refractivity contribution in [2.75, 3.05) is 33.1 Å². The normalized spacial score (nSPS) is 12.6. The number of aryl methyl sites for hydroxylation is 2. The van der Waals surface area contributed by atoms with Crippen molar-refractivity contribution in [3.8, 4) is 11.5 Å². The summed E-state index contributed by atoms with van der Waals surface area (Å²) in [6.07, 6.45) is -0.103.